The number of aromatic hydroxyl groups is 1. The maximum absolute atomic E-state index is 10.7. The minimum atomic E-state index is 0.254. The second-order valence-corrected chi connectivity index (χ2v) is 3.63. The number of aryl methyl sites for hydroxylation is 1. The number of unbranched alkanes of at least 4 members (excludes halogenated alkanes) is 1. The molecule has 0 unspecified atom stereocenters. The number of benzene rings is 1. The molecule has 1 aromatic carbocycles. The van der Waals surface area contributed by atoms with Crippen molar-refractivity contribution in [1.29, 1.82) is 0 Å². The largest absolute Gasteiger partial charge is 0.508 e. The Labute approximate surface area is 90.3 Å². The maximum atomic E-state index is 10.7. The van der Waals surface area contributed by atoms with Crippen LogP contribution in [0.2, 0.25) is 0 Å². The summed E-state index contributed by atoms with van der Waals surface area (Å²) in [7, 11) is 1.72. The first kappa shape index (κ1) is 11.6. The standard InChI is InChI=1S/C12H17NO2/c1-3-4-5-10-8-11(15)6-7-12(10)13(2)9-14/h6-9,15H,3-5H2,1-2H3. The molecule has 0 radical (unpaired) electrons. The quantitative estimate of drug-likeness (QED) is 0.753. The second-order valence-electron chi connectivity index (χ2n) is 3.63. The Morgan fingerprint density at radius 1 is 1.47 bits per heavy atom. The molecule has 0 aliphatic carbocycles. The Balaban J connectivity index is 2.97. The fourth-order valence-corrected chi connectivity index (χ4v) is 1.54. The highest BCUT2D eigenvalue weighted by atomic mass is 16.3. The molecule has 1 amide bonds. The minimum Gasteiger partial charge on any atom is -0.508 e. The van der Waals surface area contributed by atoms with Gasteiger partial charge in [-0.25, -0.2) is 0 Å². The molecular formula is C12H17NO2. The van der Waals surface area contributed by atoms with Crippen molar-refractivity contribution in [3.63, 3.8) is 0 Å². The molecule has 0 atom stereocenters. The van der Waals surface area contributed by atoms with Crippen molar-refractivity contribution in [2.45, 2.75) is 26.2 Å². The van der Waals surface area contributed by atoms with Gasteiger partial charge in [0.1, 0.15) is 5.75 Å². The average molecular weight is 207 g/mol. The Hall–Kier alpha value is -1.51. The van der Waals surface area contributed by atoms with Crippen molar-refractivity contribution in [2.24, 2.45) is 0 Å². The van der Waals surface area contributed by atoms with Gasteiger partial charge >= 0.3 is 0 Å². The first-order valence-electron chi connectivity index (χ1n) is 5.19. The zero-order valence-electron chi connectivity index (χ0n) is 9.23. The van der Waals surface area contributed by atoms with Gasteiger partial charge in [-0.3, -0.25) is 4.79 Å². The van der Waals surface area contributed by atoms with E-state index in [4.69, 9.17) is 0 Å². The third-order valence-electron chi connectivity index (χ3n) is 2.40. The van der Waals surface area contributed by atoms with Crippen molar-refractivity contribution in [3.8, 4) is 5.75 Å². The highest BCUT2D eigenvalue weighted by Gasteiger charge is 2.07. The van der Waals surface area contributed by atoms with Gasteiger partial charge in [0.25, 0.3) is 0 Å². The van der Waals surface area contributed by atoms with Gasteiger partial charge in [0, 0.05) is 12.7 Å². The van der Waals surface area contributed by atoms with Crippen LogP contribution in [0, 0.1) is 0 Å². The lowest BCUT2D eigenvalue weighted by molar-refractivity contribution is -0.107. The molecule has 1 N–H and O–H groups in total. The molecule has 1 rings (SSSR count). The minimum absolute atomic E-state index is 0.254. The molecule has 0 heterocycles. The van der Waals surface area contributed by atoms with E-state index in [2.05, 4.69) is 6.92 Å². The van der Waals surface area contributed by atoms with Crippen LogP contribution in [0.25, 0.3) is 0 Å². The van der Waals surface area contributed by atoms with Crippen LogP contribution >= 0.6 is 0 Å². The van der Waals surface area contributed by atoms with Crippen LogP contribution in [0.15, 0.2) is 18.2 Å². The van der Waals surface area contributed by atoms with Crippen LogP contribution < -0.4 is 4.90 Å². The lowest BCUT2D eigenvalue weighted by Gasteiger charge is -2.16. The van der Waals surface area contributed by atoms with E-state index in [0.29, 0.717) is 0 Å². The number of amides is 1. The van der Waals surface area contributed by atoms with Crippen LogP contribution in [0.5, 0.6) is 5.75 Å². The Kier molecular flexibility index (Phi) is 4.16. The van der Waals surface area contributed by atoms with Crippen LogP contribution in [0.4, 0.5) is 5.69 Å². The summed E-state index contributed by atoms with van der Waals surface area (Å²) in [5.74, 6) is 0.254. The van der Waals surface area contributed by atoms with Crippen molar-refractivity contribution >= 4 is 12.1 Å². The summed E-state index contributed by atoms with van der Waals surface area (Å²) in [6.45, 7) is 2.12. The Morgan fingerprint density at radius 3 is 2.80 bits per heavy atom. The van der Waals surface area contributed by atoms with Crippen LogP contribution in [-0.2, 0) is 11.2 Å². The van der Waals surface area contributed by atoms with Gasteiger partial charge in [0.05, 0.1) is 0 Å². The zero-order valence-corrected chi connectivity index (χ0v) is 9.23. The van der Waals surface area contributed by atoms with Crippen molar-refractivity contribution < 1.29 is 9.90 Å². The van der Waals surface area contributed by atoms with E-state index < -0.39 is 0 Å². The average Bonchev–Trinajstić information content (AvgIpc) is 2.25. The smallest absolute Gasteiger partial charge is 0.213 e. The van der Waals surface area contributed by atoms with Gasteiger partial charge in [-0.05, 0) is 36.6 Å². The number of hydrogen-bond donors (Lipinski definition) is 1. The summed E-state index contributed by atoms with van der Waals surface area (Å²) < 4.78 is 0. The lowest BCUT2D eigenvalue weighted by atomic mass is 10.1. The van der Waals surface area contributed by atoms with Gasteiger partial charge in [0.15, 0.2) is 0 Å². The van der Waals surface area contributed by atoms with E-state index in [0.717, 1.165) is 36.9 Å². The Morgan fingerprint density at radius 2 is 2.20 bits per heavy atom. The molecule has 1 aromatic rings. The number of carbonyl (C=O) groups excluding carboxylic acids is 1. The fraction of sp³-hybridized carbons (Fsp3) is 0.417. The molecule has 0 bridgehead atoms. The first-order valence-corrected chi connectivity index (χ1v) is 5.19. The Bertz CT molecular complexity index is 336. The number of nitrogens with zero attached hydrogens (tertiary/aromatic N) is 1. The second kappa shape index (κ2) is 5.39. The van der Waals surface area contributed by atoms with Crippen LogP contribution in [0.3, 0.4) is 0 Å². The SMILES string of the molecule is CCCCc1cc(O)ccc1N(C)C=O. The summed E-state index contributed by atoms with van der Waals surface area (Å²) in [5.41, 5.74) is 1.89. The summed E-state index contributed by atoms with van der Waals surface area (Å²) in [5, 5.41) is 9.38. The highest BCUT2D eigenvalue weighted by molar-refractivity contribution is 5.76. The predicted octanol–water partition coefficient (Wildman–Crippen LogP) is 2.33. The molecular weight excluding hydrogens is 190 g/mol. The fourth-order valence-electron chi connectivity index (χ4n) is 1.54. The summed E-state index contributed by atoms with van der Waals surface area (Å²) in [6, 6.07) is 5.10. The number of anilines is 1. The summed E-state index contributed by atoms with van der Waals surface area (Å²) >= 11 is 0. The normalized spacial score (nSPS) is 10.0. The third-order valence-corrected chi connectivity index (χ3v) is 2.40. The topological polar surface area (TPSA) is 40.5 Å². The number of phenolic OH excluding ortho intramolecular Hbond substituents is 1. The van der Waals surface area contributed by atoms with E-state index in [1.807, 2.05) is 0 Å². The van der Waals surface area contributed by atoms with Crippen LogP contribution in [0.1, 0.15) is 25.3 Å². The van der Waals surface area contributed by atoms with E-state index in [9.17, 15) is 9.90 Å². The maximum Gasteiger partial charge on any atom is 0.213 e. The van der Waals surface area contributed by atoms with Crippen LogP contribution in [-0.4, -0.2) is 18.6 Å². The van der Waals surface area contributed by atoms with E-state index in [-0.39, 0.29) is 5.75 Å². The lowest BCUT2D eigenvalue weighted by Crippen LogP contribution is -2.15. The number of rotatable bonds is 5. The number of phenols is 1. The highest BCUT2D eigenvalue weighted by Crippen LogP contribution is 2.24. The molecule has 0 fully saturated rings. The molecule has 0 spiro atoms. The first-order chi connectivity index (χ1) is 7.19. The van der Waals surface area contributed by atoms with E-state index >= 15 is 0 Å². The van der Waals surface area contributed by atoms with Gasteiger partial charge in [-0.15, -0.1) is 0 Å². The van der Waals surface area contributed by atoms with Crippen molar-refractivity contribution in [3.05, 3.63) is 23.8 Å². The monoisotopic (exact) mass is 207 g/mol. The van der Waals surface area contributed by atoms with Crippen molar-refractivity contribution in [1.82, 2.24) is 0 Å². The molecule has 3 nitrogen and oxygen atoms in total. The molecule has 0 saturated carbocycles. The van der Waals surface area contributed by atoms with E-state index in [1.165, 1.54) is 4.90 Å². The number of hydrogen-bond acceptors (Lipinski definition) is 2. The summed E-state index contributed by atoms with van der Waals surface area (Å²) in [6.07, 6.45) is 3.82. The third kappa shape index (κ3) is 2.98. The molecule has 0 aliphatic heterocycles. The molecule has 0 aromatic heterocycles. The molecule has 0 aliphatic rings. The number of carbonyl (C=O) groups is 1. The zero-order chi connectivity index (χ0) is 11.3. The molecule has 0 saturated heterocycles. The molecule has 82 valence electrons. The summed E-state index contributed by atoms with van der Waals surface area (Å²) in [4.78, 5) is 12.2. The molecule has 3 heteroatoms. The van der Waals surface area contributed by atoms with Crippen molar-refractivity contribution in [2.75, 3.05) is 11.9 Å². The van der Waals surface area contributed by atoms with Gasteiger partial charge < -0.3 is 10.0 Å². The van der Waals surface area contributed by atoms with E-state index in [1.54, 1.807) is 25.2 Å². The molecule has 15 heavy (non-hydrogen) atoms. The van der Waals surface area contributed by atoms with Gasteiger partial charge in [-0.1, -0.05) is 13.3 Å². The van der Waals surface area contributed by atoms with Gasteiger partial charge in [0.2, 0.25) is 6.41 Å². The predicted molar refractivity (Wildman–Crippen MR) is 61.2 cm³/mol. The van der Waals surface area contributed by atoms with Gasteiger partial charge in [-0.2, -0.15) is 0 Å².